The Balaban J connectivity index is 2.03. The Morgan fingerprint density at radius 3 is 2.28 bits per heavy atom. The van der Waals surface area contributed by atoms with Crippen molar-refractivity contribution >= 4 is 16.0 Å². The summed E-state index contributed by atoms with van der Waals surface area (Å²) < 4.78 is 52.4. The number of methoxy groups -OCH3 is 4. The third kappa shape index (κ3) is 6.13. The summed E-state index contributed by atoms with van der Waals surface area (Å²) >= 11 is 0. The molecule has 1 N–H and O–H groups in total. The van der Waals surface area contributed by atoms with Crippen molar-refractivity contribution in [3.05, 3.63) is 42.0 Å². The van der Waals surface area contributed by atoms with Crippen molar-refractivity contribution in [3.8, 4) is 17.4 Å². The molecule has 36 heavy (non-hydrogen) atoms. The molecule has 0 spiro atoms. The van der Waals surface area contributed by atoms with Gasteiger partial charge in [-0.2, -0.15) is 0 Å². The first-order valence-corrected chi connectivity index (χ1v) is 12.6. The molecule has 0 aromatic carbocycles. The van der Waals surface area contributed by atoms with Crippen molar-refractivity contribution < 1.29 is 27.4 Å². The minimum absolute atomic E-state index is 0.0275. The van der Waals surface area contributed by atoms with Crippen LogP contribution in [0.4, 0.5) is 5.95 Å². The first-order valence-electron chi connectivity index (χ1n) is 11.0. The fourth-order valence-electron chi connectivity index (χ4n) is 3.56. The first-order chi connectivity index (χ1) is 17.2. The monoisotopic (exact) mass is 521 g/mol. The molecule has 0 saturated carbocycles. The summed E-state index contributed by atoms with van der Waals surface area (Å²) in [5.41, 5.74) is 1.27. The van der Waals surface area contributed by atoms with Gasteiger partial charge in [0, 0.05) is 39.8 Å². The molecule has 196 valence electrons. The van der Waals surface area contributed by atoms with Gasteiger partial charge in [0.2, 0.25) is 21.9 Å². The lowest BCUT2D eigenvalue weighted by atomic mass is 10.2. The first kappa shape index (κ1) is 27.4. The van der Waals surface area contributed by atoms with Gasteiger partial charge in [-0.05, 0) is 25.5 Å². The molecule has 2 unspecified atom stereocenters. The van der Waals surface area contributed by atoms with Gasteiger partial charge < -0.3 is 18.9 Å². The average Bonchev–Trinajstić information content (AvgIpc) is 3.28. The fraction of sp³-hybridized carbons (Fsp3) is 0.500. The van der Waals surface area contributed by atoms with Gasteiger partial charge in [-0.3, -0.25) is 9.29 Å². The van der Waals surface area contributed by atoms with Gasteiger partial charge >= 0.3 is 0 Å². The van der Waals surface area contributed by atoms with Crippen LogP contribution in [-0.2, 0) is 24.2 Å². The zero-order valence-corrected chi connectivity index (χ0v) is 21.9. The molecule has 13 nitrogen and oxygen atoms in total. The van der Waals surface area contributed by atoms with Crippen LogP contribution in [0.1, 0.15) is 30.5 Å². The molecule has 0 aliphatic rings. The molecule has 3 aromatic rings. The maximum atomic E-state index is 13.5. The Bertz CT molecular complexity index is 1230. The molecule has 0 aliphatic heterocycles. The topological polar surface area (TPSA) is 152 Å². The fourth-order valence-corrected chi connectivity index (χ4v) is 4.69. The number of aromatic nitrogens is 6. The number of nitrogens with one attached hydrogen (secondary N) is 1. The van der Waals surface area contributed by atoms with Gasteiger partial charge in [-0.1, -0.05) is 6.07 Å². The van der Waals surface area contributed by atoms with Crippen LogP contribution in [0.3, 0.4) is 0 Å². The number of nitrogens with zero attached hydrogens (tertiary/aromatic N) is 6. The van der Waals surface area contributed by atoms with Crippen LogP contribution in [0.25, 0.3) is 11.5 Å². The van der Waals surface area contributed by atoms with Crippen LogP contribution >= 0.6 is 0 Å². The maximum absolute atomic E-state index is 13.5. The van der Waals surface area contributed by atoms with Crippen LogP contribution < -0.4 is 9.46 Å². The Labute approximate surface area is 210 Å². The number of sulfonamides is 1. The summed E-state index contributed by atoms with van der Waals surface area (Å²) in [5.74, 6) is 0.901. The second-order valence-electron chi connectivity index (χ2n) is 7.97. The van der Waals surface area contributed by atoms with Crippen LogP contribution in [0, 0.1) is 6.92 Å². The van der Waals surface area contributed by atoms with E-state index in [9.17, 15) is 8.42 Å². The molecule has 0 aliphatic carbocycles. The second-order valence-corrected chi connectivity index (χ2v) is 10.0. The van der Waals surface area contributed by atoms with Crippen molar-refractivity contribution in [2.75, 3.05) is 46.4 Å². The summed E-state index contributed by atoms with van der Waals surface area (Å²) in [6.07, 6.45) is 2.28. The summed E-state index contributed by atoms with van der Waals surface area (Å²) in [7, 11) is 1.92. The molecule has 0 fully saturated rings. The summed E-state index contributed by atoms with van der Waals surface area (Å²) in [6, 6.07) is 4.69. The van der Waals surface area contributed by atoms with E-state index in [1.54, 1.807) is 35.2 Å². The van der Waals surface area contributed by atoms with Crippen LogP contribution in [0.5, 0.6) is 5.88 Å². The average molecular weight is 522 g/mol. The van der Waals surface area contributed by atoms with Gasteiger partial charge in [0.05, 0.1) is 26.4 Å². The van der Waals surface area contributed by atoms with E-state index in [1.807, 2.05) is 6.92 Å². The zero-order chi connectivity index (χ0) is 26.3. The zero-order valence-electron chi connectivity index (χ0n) is 21.1. The Morgan fingerprint density at radius 1 is 1.03 bits per heavy atom. The lowest BCUT2D eigenvalue weighted by Gasteiger charge is -2.24. The number of aryl methyl sites for hydroxylation is 1. The highest BCUT2D eigenvalue weighted by molar-refractivity contribution is 7.93. The highest BCUT2D eigenvalue weighted by Crippen LogP contribution is 2.29. The van der Waals surface area contributed by atoms with Gasteiger partial charge in [-0.15, -0.1) is 10.2 Å². The molecule has 0 amide bonds. The number of rotatable bonds is 13. The predicted molar refractivity (Wildman–Crippen MR) is 131 cm³/mol. The number of pyridine rings is 1. The second kappa shape index (κ2) is 12.2. The number of anilines is 1. The van der Waals surface area contributed by atoms with Crippen LogP contribution in [-0.4, -0.2) is 85.0 Å². The van der Waals surface area contributed by atoms with Crippen molar-refractivity contribution in [1.82, 2.24) is 29.7 Å². The van der Waals surface area contributed by atoms with E-state index in [4.69, 9.17) is 18.9 Å². The highest BCUT2D eigenvalue weighted by Gasteiger charge is 2.35. The molecular formula is C22H31N7O6S. The van der Waals surface area contributed by atoms with E-state index >= 15 is 0 Å². The van der Waals surface area contributed by atoms with Gasteiger partial charge in [-0.25, -0.2) is 23.4 Å². The largest absolute Gasteiger partial charge is 0.481 e. The maximum Gasteiger partial charge on any atom is 0.240 e. The third-order valence-corrected chi connectivity index (χ3v) is 7.09. The van der Waals surface area contributed by atoms with E-state index in [-0.39, 0.29) is 25.0 Å². The molecule has 0 radical (unpaired) electrons. The van der Waals surface area contributed by atoms with Crippen molar-refractivity contribution in [2.45, 2.75) is 31.2 Å². The highest BCUT2D eigenvalue weighted by atomic mass is 32.2. The smallest absolute Gasteiger partial charge is 0.240 e. The lowest BCUT2D eigenvalue weighted by Crippen LogP contribution is -2.34. The standard InChI is InChI=1S/C22H31N7O6S/c1-14-10-23-20(24-11-14)19(35-6)15(2)36(30,31)28-22-27-26-21(17-8-7-9-18(25-17)34-5)29(22)16(12-32-3)13-33-4/h7-11,15-16,19H,12-13H2,1-6H3,(H,27,28). The number of ether oxygens (including phenoxy) is 4. The van der Waals surface area contributed by atoms with E-state index < -0.39 is 27.4 Å². The summed E-state index contributed by atoms with van der Waals surface area (Å²) in [5, 5.41) is 7.28. The van der Waals surface area contributed by atoms with Gasteiger partial charge in [0.1, 0.15) is 17.0 Å². The van der Waals surface area contributed by atoms with Gasteiger partial charge in [0.15, 0.2) is 11.6 Å². The van der Waals surface area contributed by atoms with Crippen molar-refractivity contribution in [3.63, 3.8) is 0 Å². The summed E-state index contributed by atoms with van der Waals surface area (Å²) in [6.45, 7) is 3.74. The third-order valence-electron chi connectivity index (χ3n) is 5.40. The number of hydrogen-bond acceptors (Lipinski definition) is 11. The lowest BCUT2D eigenvalue weighted by molar-refractivity contribution is 0.0907. The van der Waals surface area contributed by atoms with E-state index in [0.29, 0.717) is 17.4 Å². The Morgan fingerprint density at radius 2 is 1.69 bits per heavy atom. The molecule has 3 aromatic heterocycles. The minimum Gasteiger partial charge on any atom is -0.481 e. The molecule has 3 rings (SSSR count). The van der Waals surface area contributed by atoms with Gasteiger partial charge in [0.25, 0.3) is 0 Å². The summed E-state index contributed by atoms with van der Waals surface area (Å²) in [4.78, 5) is 12.9. The molecular weight excluding hydrogens is 490 g/mol. The Kier molecular flexibility index (Phi) is 9.25. The molecule has 0 saturated heterocycles. The molecule has 14 heteroatoms. The molecule has 2 atom stereocenters. The van der Waals surface area contributed by atoms with Crippen molar-refractivity contribution in [1.29, 1.82) is 0 Å². The normalized spacial score (nSPS) is 13.5. The SMILES string of the molecule is COCC(COC)n1c(NS(=O)(=O)C(C)C(OC)c2ncc(C)cn2)nnc1-c1cccc(OC)n1. The van der Waals surface area contributed by atoms with Crippen LogP contribution in [0.2, 0.25) is 0 Å². The molecule has 3 heterocycles. The van der Waals surface area contributed by atoms with Crippen molar-refractivity contribution in [2.24, 2.45) is 0 Å². The predicted octanol–water partition coefficient (Wildman–Crippen LogP) is 1.80. The van der Waals surface area contributed by atoms with E-state index in [2.05, 4.69) is 29.9 Å². The Hall–Kier alpha value is -3.20. The van der Waals surface area contributed by atoms with Crippen LogP contribution in [0.15, 0.2) is 30.6 Å². The van der Waals surface area contributed by atoms with E-state index in [1.165, 1.54) is 35.4 Å². The quantitative estimate of drug-likeness (QED) is 0.350. The minimum atomic E-state index is -4.06. The molecule has 0 bridgehead atoms. The number of hydrogen-bond donors (Lipinski definition) is 1. The van der Waals surface area contributed by atoms with E-state index in [0.717, 1.165) is 5.56 Å².